The average Bonchev–Trinajstić information content (AvgIpc) is 2.80. The lowest BCUT2D eigenvalue weighted by molar-refractivity contribution is -0.115. The minimum absolute atomic E-state index is 0.0356. The highest BCUT2D eigenvalue weighted by Gasteiger charge is 2.11. The van der Waals surface area contributed by atoms with Crippen molar-refractivity contribution >= 4 is 28.6 Å². The molecule has 0 saturated carbocycles. The number of hydrogen-bond acceptors (Lipinski definition) is 3. The summed E-state index contributed by atoms with van der Waals surface area (Å²) in [6.07, 6.45) is 0.494. The summed E-state index contributed by atoms with van der Waals surface area (Å²) in [5.74, 6) is 0.0356. The summed E-state index contributed by atoms with van der Waals surface area (Å²) in [5, 5.41) is 6.35. The minimum atomic E-state index is 0.0356. The first-order chi connectivity index (χ1) is 9.99. The summed E-state index contributed by atoms with van der Waals surface area (Å²) in [6.45, 7) is 8.31. The monoisotopic (exact) mass is 302 g/mol. The Morgan fingerprint density at radius 1 is 1.19 bits per heavy atom. The van der Waals surface area contributed by atoms with Crippen molar-refractivity contribution in [2.75, 3.05) is 10.6 Å². The molecule has 2 aromatic rings. The van der Waals surface area contributed by atoms with E-state index in [1.807, 2.05) is 42.5 Å². The lowest BCUT2D eigenvalue weighted by Crippen LogP contribution is -2.10. The summed E-state index contributed by atoms with van der Waals surface area (Å²) in [6, 6.07) is 10.4. The molecule has 1 unspecified atom stereocenters. The first-order valence-corrected chi connectivity index (χ1v) is 8.04. The number of carbonyl (C=O) groups excluding carboxylic acids is 1. The topological polar surface area (TPSA) is 41.1 Å². The Morgan fingerprint density at radius 2 is 1.81 bits per heavy atom. The number of nitrogens with one attached hydrogen (secondary N) is 2. The van der Waals surface area contributed by atoms with Crippen molar-refractivity contribution < 1.29 is 4.79 Å². The second-order valence-electron chi connectivity index (χ2n) is 5.21. The Labute approximate surface area is 130 Å². The van der Waals surface area contributed by atoms with Gasteiger partial charge in [0.05, 0.1) is 0 Å². The Bertz CT molecular complexity index is 616. The van der Waals surface area contributed by atoms with Crippen LogP contribution in [-0.2, 0) is 4.79 Å². The zero-order valence-corrected chi connectivity index (χ0v) is 13.8. The third-order valence-corrected chi connectivity index (χ3v) is 4.40. The van der Waals surface area contributed by atoms with E-state index in [1.54, 1.807) is 0 Å². The molecule has 2 rings (SSSR count). The summed E-state index contributed by atoms with van der Waals surface area (Å²) < 4.78 is 0. The SMILES string of the molecule is CCC(=O)Nc1ccc(NC(C)c2cc(C)sc2C)cc1. The van der Waals surface area contributed by atoms with E-state index in [0.29, 0.717) is 6.42 Å². The smallest absolute Gasteiger partial charge is 0.224 e. The van der Waals surface area contributed by atoms with Crippen molar-refractivity contribution in [3.63, 3.8) is 0 Å². The van der Waals surface area contributed by atoms with Crippen LogP contribution in [0.3, 0.4) is 0 Å². The van der Waals surface area contributed by atoms with E-state index in [9.17, 15) is 4.79 Å². The number of aryl methyl sites for hydroxylation is 2. The van der Waals surface area contributed by atoms with E-state index < -0.39 is 0 Å². The molecule has 1 aromatic heterocycles. The van der Waals surface area contributed by atoms with Crippen molar-refractivity contribution in [3.05, 3.63) is 45.6 Å². The number of amides is 1. The quantitative estimate of drug-likeness (QED) is 0.826. The number of rotatable bonds is 5. The van der Waals surface area contributed by atoms with Gasteiger partial charge in [-0.2, -0.15) is 0 Å². The molecule has 0 radical (unpaired) electrons. The lowest BCUT2D eigenvalue weighted by atomic mass is 10.1. The van der Waals surface area contributed by atoms with E-state index in [4.69, 9.17) is 0 Å². The van der Waals surface area contributed by atoms with Crippen LogP contribution in [0.15, 0.2) is 30.3 Å². The van der Waals surface area contributed by atoms with Gasteiger partial charge in [0.25, 0.3) is 0 Å². The molecule has 1 aromatic carbocycles. The Hall–Kier alpha value is -1.81. The van der Waals surface area contributed by atoms with Crippen LogP contribution in [0.2, 0.25) is 0 Å². The zero-order chi connectivity index (χ0) is 15.4. The van der Waals surface area contributed by atoms with Gasteiger partial charge in [-0.05, 0) is 56.7 Å². The van der Waals surface area contributed by atoms with E-state index in [2.05, 4.69) is 37.5 Å². The Balaban J connectivity index is 2.03. The fourth-order valence-electron chi connectivity index (χ4n) is 2.31. The van der Waals surface area contributed by atoms with E-state index in [0.717, 1.165) is 11.4 Å². The van der Waals surface area contributed by atoms with Crippen LogP contribution in [0.4, 0.5) is 11.4 Å². The molecule has 0 fully saturated rings. The standard InChI is InChI=1S/C17H22N2OS/c1-5-17(20)19-15-8-6-14(7-9-15)18-12(3)16-10-11(2)21-13(16)4/h6-10,12,18H,5H2,1-4H3,(H,19,20). The molecule has 0 aliphatic rings. The molecule has 112 valence electrons. The van der Waals surface area contributed by atoms with Gasteiger partial charge in [-0.3, -0.25) is 4.79 Å². The number of anilines is 2. The molecule has 0 spiro atoms. The molecule has 21 heavy (non-hydrogen) atoms. The summed E-state index contributed by atoms with van der Waals surface area (Å²) in [5.41, 5.74) is 3.24. The van der Waals surface area contributed by atoms with Crippen LogP contribution < -0.4 is 10.6 Å². The molecular formula is C17H22N2OS. The third kappa shape index (κ3) is 4.08. The lowest BCUT2D eigenvalue weighted by Gasteiger charge is -2.16. The molecule has 1 atom stereocenters. The van der Waals surface area contributed by atoms with Gasteiger partial charge in [-0.25, -0.2) is 0 Å². The van der Waals surface area contributed by atoms with Gasteiger partial charge in [0.15, 0.2) is 0 Å². The van der Waals surface area contributed by atoms with Crippen LogP contribution in [0.25, 0.3) is 0 Å². The molecule has 3 nitrogen and oxygen atoms in total. The Morgan fingerprint density at radius 3 is 2.33 bits per heavy atom. The number of benzene rings is 1. The van der Waals surface area contributed by atoms with Gasteiger partial charge in [0.2, 0.25) is 5.91 Å². The van der Waals surface area contributed by atoms with Gasteiger partial charge in [0, 0.05) is 33.6 Å². The number of carbonyl (C=O) groups is 1. The molecule has 1 heterocycles. The first kappa shape index (κ1) is 15.6. The van der Waals surface area contributed by atoms with E-state index in [-0.39, 0.29) is 11.9 Å². The summed E-state index contributed by atoms with van der Waals surface area (Å²) >= 11 is 1.83. The fourth-order valence-corrected chi connectivity index (χ4v) is 3.33. The largest absolute Gasteiger partial charge is 0.378 e. The van der Waals surface area contributed by atoms with Crippen LogP contribution in [-0.4, -0.2) is 5.91 Å². The minimum Gasteiger partial charge on any atom is -0.378 e. The summed E-state index contributed by atoms with van der Waals surface area (Å²) in [4.78, 5) is 14.0. The molecule has 0 saturated heterocycles. The van der Waals surface area contributed by atoms with Gasteiger partial charge in [0.1, 0.15) is 0 Å². The van der Waals surface area contributed by atoms with Crippen LogP contribution in [0.5, 0.6) is 0 Å². The molecule has 1 amide bonds. The van der Waals surface area contributed by atoms with Gasteiger partial charge >= 0.3 is 0 Å². The van der Waals surface area contributed by atoms with Crippen molar-refractivity contribution in [2.24, 2.45) is 0 Å². The molecule has 0 bridgehead atoms. The fraction of sp³-hybridized carbons (Fsp3) is 0.353. The maximum Gasteiger partial charge on any atom is 0.224 e. The molecule has 0 aliphatic heterocycles. The third-order valence-electron chi connectivity index (χ3n) is 3.42. The van der Waals surface area contributed by atoms with Gasteiger partial charge < -0.3 is 10.6 Å². The molecule has 4 heteroatoms. The molecular weight excluding hydrogens is 280 g/mol. The number of hydrogen-bond donors (Lipinski definition) is 2. The average molecular weight is 302 g/mol. The summed E-state index contributed by atoms with van der Waals surface area (Å²) in [7, 11) is 0. The van der Waals surface area contributed by atoms with Crippen molar-refractivity contribution in [3.8, 4) is 0 Å². The highest BCUT2D eigenvalue weighted by atomic mass is 32.1. The van der Waals surface area contributed by atoms with Gasteiger partial charge in [-0.15, -0.1) is 11.3 Å². The van der Waals surface area contributed by atoms with Gasteiger partial charge in [-0.1, -0.05) is 6.92 Å². The second kappa shape index (κ2) is 6.76. The van der Waals surface area contributed by atoms with Crippen LogP contribution >= 0.6 is 11.3 Å². The molecule has 0 aliphatic carbocycles. The predicted molar refractivity (Wildman–Crippen MR) is 91.2 cm³/mol. The predicted octanol–water partition coefficient (Wildman–Crippen LogP) is 4.89. The maximum absolute atomic E-state index is 11.3. The maximum atomic E-state index is 11.3. The second-order valence-corrected chi connectivity index (χ2v) is 6.67. The van der Waals surface area contributed by atoms with E-state index in [1.165, 1.54) is 15.3 Å². The molecule has 2 N–H and O–H groups in total. The number of thiophene rings is 1. The zero-order valence-electron chi connectivity index (χ0n) is 13.0. The highest BCUT2D eigenvalue weighted by molar-refractivity contribution is 7.12. The van der Waals surface area contributed by atoms with E-state index >= 15 is 0 Å². The van der Waals surface area contributed by atoms with Crippen molar-refractivity contribution in [1.82, 2.24) is 0 Å². The first-order valence-electron chi connectivity index (χ1n) is 7.23. The normalized spacial score (nSPS) is 12.0. The van der Waals surface area contributed by atoms with Crippen molar-refractivity contribution in [1.29, 1.82) is 0 Å². The van der Waals surface area contributed by atoms with Crippen molar-refractivity contribution in [2.45, 2.75) is 40.2 Å². The van der Waals surface area contributed by atoms with Crippen LogP contribution in [0.1, 0.15) is 41.6 Å². The Kier molecular flexibility index (Phi) is 5.02. The highest BCUT2D eigenvalue weighted by Crippen LogP contribution is 2.28. The van der Waals surface area contributed by atoms with Crippen LogP contribution in [0, 0.1) is 13.8 Å².